The molecule has 2 fully saturated rings. The standard InChI is InChI=1S/C21H26N4.C8H12N2O.2C2H6/c1-15(2)24-11-3-4-18(13-24)16-5-7-17(8-6-16)19-12-21-20(22)9-10-23-25(21)14-19;9-5-6-1-3-7(4-2-6)8(10)11;2*1-2/h5-10,12,14-15,18H,3-4,11,13,22H2,1-2H3;6-7H,1-4H2,(H2,10,11);2*1-2H3/t18-;;;/m0.../s1. The van der Waals surface area contributed by atoms with E-state index in [2.05, 4.69) is 60.2 Å². The molecule has 0 unspecified atom stereocenters. The van der Waals surface area contributed by atoms with Gasteiger partial charge in [0, 0.05) is 42.4 Å². The van der Waals surface area contributed by atoms with Crippen LogP contribution < -0.4 is 11.5 Å². The third-order valence-corrected chi connectivity index (χ3v) is 7.75. The number of carbonyl (C=O) groups excluding carboxylic acids is 1. The summed E-state index contributed by atoms with van der Waals surface area (Å²) >= 11 is 0. The van der Waals surface area contributed by atoms with E-state index >= 15 is 0 Å². The van der Waals surface area contributed by atoms with Crippen LogP contribution in [0, 0.1) is 23.2 Å². The zero-order chi connectivity index (χ0) is 29.7. The van der Waals surface area contributed by atoms with Gasteiger partial charge in [-0.25, -0.2) is 4.52 Å². The summed E-state index contributed by atoms with van der Waals surface area (Å²) in [4.78, 5) is 13.3. The molecule has 2 aliphatic rings. The fourth-order valence-electron chi connectivity index (χ4n) is 5.39. The molecule has 0 radical (unpaired) electrons. The second kappa shape index (κ2) is 16.7. The number of hydrogen-bond acceptors (Lipinski definition) is 5. The lowest BCUT2D eigenvalue weighted by Gasteiger charge is -2.35. The first-order chi connectivity index (χ1) is 19.4. The molecule has 3 aromatic rings. The minimum Gasteiger partial charge on any atom is -0.397 e. The third kappa shape index (κ3) is 8.82. The van der Waals surface area contributed by atoms with Gasteiger partial charge in [-0.1, -0.05) is 52.0 Å². The van der Waals surface area contributed by atoms with E-state index in [1.165, 1.54) is 37.1 Å². The van der Waals surface area contributed by atoms with E-state index in [0.29, 0.717) is 12.0 Å². The Morgan fingerprint density at radius 2 is 1.65 bits per heavy atom. The molecule has 1 aromatic carbocycles. The second-order valence-electron chi connectivity index (χ2n) is 10.5. The van der Waals surface area contributed by atoms with E-state index in [1.807, 2.05) is 44.5 Å². The molecule has 40 heavy (non-hydrogen) atoms. The number of amides is 1. The van der Waals surface area contributed by atoms with Crippen LogP contribution in [0.4, 0.5) is 5.69 Å². The lowest BCUT2D eigenvalue weighted by molar-refractivity contribution is -0.122. The molecule has 1 aliphatic heterocycles. The van der Waals surface area contributed by atoms with Crippen LogP contribution in [0.25, 0.3) is 16.6 Å². The highest BCUT2D eigenvalue weighted by Crippen LogP contribution is 2.31. The molecule has 0 spiro atoms. The van der Waals surface area contributed by atoms with Crippen molar-refractivity contribution < 1.29 is 4.79 Å². The predicted molar refractivity (Wildman–Crippen MR) is 167 cm³/mol. The smallest absolute Gasteiger partial charge is 0.220 e. The predicted octanol–water partition coefficient (Wildman–Crippen LogP) is 7.03. The molecular formula is C33H50N6O. The third-order valence-electron chi connectivity index (χ3n) is 7.75. The Morgan fingerprint density at radius 3 is 2.20 bits per heavy atom. The summed E-state index contributed by atoms with van der Waals surface area (Å²) < 4.78 is 1.85. The van der Waals surface area contributed by atoms with Gasteiger partial charge in [-0.15, -0.1) is 0 Å². The van der Waals surface area contributed by atoms with Crippen LogP contribution in [0.2, 0.25) is 0 Å². The highest BCUT2D eigenvalue weighted by molar-refractivity contribution is 5.78. The van der Waals surface area contributed by atoms with E-state index in [1.54, 1.807) is 6.20 Å². The molecule has 1 aliphatic carbocycles. The fourth-order valence-corrected chi connectivity index (χ4v) is 5.39. The highest BCUT2D eigenvalue weighted by Gasteiger charge is 2.24. The quantitative estimate of drug-likeness (QED) is 0.365. The molecule has 218 valence electrons. The van der Waals surface area contributed by atoms with E-state index < -0.39 is 0 Å². The molecule has 2 aromatic heterocycles. The Kier molecular flexibility index (Phi) is 13.7. The molecule has 5 rings (SSSR count). The van der Waals surface area contributed by atoms with Crippen molar-refractivity contribution >= 4 is 17.1 Å². The monoisotopic (exact) mass is 546 g/mol. The molecule has 4 N–H and O–H groups in total. The van der Waals surface area contributed by atoms with Gasteiger partial charge in [0.25, 0.3) is 0 Å². The van der Waals surface area contributed by atoms with E-state index in [4.69, 9.17) is 16.7 Å². The zero-order valence-corrected chi connectivity index (χ0v) is 25.4. The van der Waals surface area contributed by atoms with Crippen molar-refractivity contribution in [3.63, 3.8) is 0 Å². The molecule has 1 saturated heterocycles. The first kappa shape index (κ1) is 32.8. The van der Waals surface area contributed by atoms with Crippen molar-refractivity contribution in [3.05, 3.63) is 54.4 Å². The molecule has 3 heterocycles. The SMILES string of the molecule is CC.CC.CC(C)N1CCC[C@H](c2ccc(-c3cc4c(N)ccnn4c3)cc2)C1.N#CC1CCC(C(N)=O)CC1. The van der Waals surface area contributed by atoms with Crippen molar-refractivity contribution in [1.29, 1.82) is 5.26 Å². The maximum absolute atomic E-state index is 10.7. The first-order valence-corrected chi connectivity index (χ1v) is 15.1. The first-order valence-electron chi connectivity index (χ1n) is 15.1. The summed E-state index contributed by atoms with van der Waals surface area (Å²) in [5.74, 6) is 0.627. The van der Waals surface area contributed by atoms with Crippen LogP contribution in [0.1, 0.15) is 91.5 Å². The van der Waals surface area contributed by atoms with Gasteiger partial charge in [0.1, 0.15) is 0 Å². The van der Waals surface area contributed by atoms with Gasteiger partial charge in [-0.3, -0.25) is 4.79 Å². The number of fused-ring (bicyclic) bond motifs is 1. The average Bonchev–Trinajstić information content (AvgIpc) is 3.46. The number of rotatable bonds is 4. The molecule has 1 atom stereocenters. The van der Waals surface area contributed by atoms with Crippen molar-refractivity contribution in [2.75, 3.05) is 18.8 Å². The number of primary amides is 1. The number of benzene rings is 1. The average molecular weight is 547 g/mol. The van der Waals surface area contributed by atoms with Gasteiger partial charge in [-0.2, -0.15) is 10.4 Å². The Bertz CT molecular complexity index is 1200. The minimum absolute atomic E-state index is 0.0274. The van der Waals surface area contributed by atoms with Gasteiger partial charge in [0.2, 0.25) is 5.91 Å². The number of carbonyl (C=O) groups is 1. The molecule has 1 amide bonds. The summed E-state index contributed by atoms with van der Waals surface area (Å²) in [6.07, 6.45) is 9.63. The number of nitrogen functional groups attached to an aromatic ring is 1. The molecule has 1 saturated carbocycles. The molecule has 7 heteroatoms. The maximum Gasteiger partial charge on any atom is 0.220 e. The summed E-state index contributed by atoms with van der Waals surface area (Å²) in [6.45, 7) is 15.0. The lowest BCUT2D eigenvalue weighted by Crippen LogP contribution is -2.39. The van der Waals surface area contributed by atoms with E-state index in [-0.39, 0.29) is 17.7 Å². The molecule has 7 nitrogen and oxygen atoms in total. The number of nitrogens with zero attached hydrogens (tertiary/aromatic N) is 4. The summed E-state index contributed by atoms with van der Waals surface area (Å²) in [7, 11) is 0. The highest BCUT2D eigenvalue weighted by atomic mass is 16.1. The number of piperidine rings is 1. The van der Waals surface area contributed by atoms with Crippen LogP contribution in [-0.4, -0.2) is 39.6 Å². The topological polar surface area (TPSA) is 113 Å². The van der Waals surface area contributed by atoms with Crippen LogP contribution in [0.15, 0.2) is 48.8 Å². The van der Waals surface area contributed by atoms with Crippen LogP contribution in [0.3, 0.4) is 0 Å². The Hall–Kier alpha value is -3.37. The van der Waals surface area contributed by atoms with Crippen molar-refractivity contribution in [3.8, 4) is 17.2 Å². The zero-order valence-electron chi connectivity index (χ0n) is 25.4. The number of nitriles is 1. The largest absolute Gasteiger partial charge is 0.397 e. The van der Waals surface area contributed by atoms with Crippen molar-refractivity contribution in [1.82, 2.24) is 14.5 Å². The summed E-state index contributed by atoms with van der Waals surface area (Å²) in [5.41, 5.74) is 16.7. The van der Waals surface area contributed by atoms with Crippen LogP contribution >= 0.6 is 0 Å². The van der Waals surface area contributed by atoms with Crippen molar-refractivity contribution in [2.45, 2.75) is 92.0 Å². The normalized spacial score (nSPS) is 20.6. The number of anilines is 1. The maximum atomic E-state index is 10.7. The lowest BCUT2D eigenvalue weighted by atomic mass is 9.82. The Morgan fingerprint density at radius 1 is 1.00 bits per heavy atom. The molecule has 0 bridgehead atoms. The number of aromatic nitrogens is 2. The summed E-state index contributed by atoms with van der Waals surface area (Å²) in [6, 6.07) is 15.8. The second-order valence-corrected chi connectivity index (χ2v) is 10.5. The van der Waals surface area contributed by atoms with Gasteiger partial charge in [-0.05, 0) is 88.1 Å². The number of likely N-dealkylation sites (tertiary alicyclic amines) is 1. The van der Waals surface area contributed by atoms with Gasteiger partial charge in [0.05, 0.1) is 17.3 Å². The number of hydrogen-bond donors (Lipinski definition) is 2. The van der Waals surface area contributed by atoms with Crippen LogP contribution in [0.5, 0.6) is 0 Å². The molecular weight excluding hydrogens is 496 g/mol. The summed E-state index contributed by atoms with van der Waals surface area (Å²) in [5, 5.41) is 12.9. The Labute approximate surface area is 241 Å². The van der Waals surface area contributed by atoms with Crippen molar-refractivity contribution in [2.24, 2.45) is 17.6 Å². The van der Waals surface area contributed by atoms with Crippen LogP contribution in [-0.2, 0) is 4.79 Å². The van der Waals surface area contributed by atoms with Gasteiger partial charge < -0.3 is 16.4 Å². The van der Waals surface area contributed by atoms with Gasteiger partial charge in [0.15, 0.2) is 0 Å². The minimum atomic E-state index is -0.207. The Balaban J connectivity index is 0.000000314. The van der Waals surface area contributed by atoms with E-state index in [0.717, 1.165) is 42.5 Å². The number of nitrogens with two attached hydrogens (primary N) is 2. The van der Waals surface area contributed by atoms with E-state index in [9.17, 15) is 4.79 Å². The fraction of sp³-hybridized carbons (Fsp3) is 0.545. The van der Waals surface area contributed by atoms with Gasteiger partial charge >= 0.3 is 0 Å².